The number of fused-ring (bicyclic) bond motifs is 3. The number of nitrogens with one attached hydrogen (secondary N) is 1. The molecule has 4 rings (SSSR count). The van der Waals surface area contributed by atoms with Crippen molar-refractivity contribution in [3.05, 3.63) is 70.7 Å². The molecule has 2 N–H and O–H groups in total. The predicted octanol–water partition coefficient (Wildman–Crippen LogP) is 4.76. The number of ether oxygens (including phenoxy) is 1. The van der Waals surface area contributed by atoms with Gasteiger partial charge in [-0.05, 0) is 42.5 Å². The summed E-state index contributed by atoms with van der Waals surface area (Å²) in [5.41, 5.74) is 4.60. The van der Waals surface area contributed by atoms with Crippen LogP contribution in [0.2, 0.25) is 0 Å². The van der Waals surface area contributed by atoms with Gasteiger partial charge in [-0.25, -0.2) is 9.78 Å². The maximum atomic E-state index is 12.5. The van der Waals surface area contributed by atoms with Crippen molar-refractivity contribution >= 4 is 34.4 Å². The van der Waals surface area contributed by atoms with Crippen LogP contribution in [0.4, 0.5) is 9.93 Å². The molecule has 0 saturated heterocycles. The van der Waals surface area contributed by atoms with Gasteiger partial charge in [0.2, 0.25) is 5.91 Å². The predicted molar refractivity (Wildman–Crippen MR) is 134 cm³/mol. The maximum absolute atomic E-state index is 12.5. The molecule has 0 bridgehead atoms. The lowest BCUT2D eigenvalue weighted by molar-refractivity contribution is -0.145. The molecular formula is C26H27N3O5S. The van der Waals surface area contributed by atoms with Crippen LogP contribution in [0, 0.1) is 0 Å². The van der Waals surface area contributed by atoms with Crippen LogP contribution in [0.3, 0.4) is 0 Å². The van der Waals surface area contributed by atoms with E-state index in [1.165, 1.54) is 16.2 Å². The monoisotopic (exact) mass is 493 g/mol. The Hall–Kier alpha value is -3.72. The Labute approximate surface area is 207 Å². The third-order valence-electron chi connectivity index (χ3n) is 5.94. The molecule has 2 amide bonds. The van der Waals surface area contributed by atoms with Crippen LogP contribution in [0.15, 0.2) is 54.7 Å². The second-order valence-electron chi connectivity index (χ2n) is 8.59. The van der Waals surface area contributed by atoms with E-state index < -0.39 is 12.1 Å². The third-order valence-corrected chi connectivity index (χ3v) is 6.91. The first-order valence-electron chi connectivity index (χ1n) is 11.4. The number of hydrogen-bond donors (Lipinski definition) is 2. The molecule has 1 aliphatic rings. The van der Waals surface area contributed by atoms with Gasteiger partial charge < -0.3 is 14.7 Å². The van der Waals surface area contributed by atoms with Gasteiger partial charge in [0.25, 0.3) is 0 Å². The lowest BCUT2D eigenvalue weighted by atomic mass is 9.98. The van der Waals surface area contributed by atoms with Gasteiger partial charge >= 0.3 is 12.1 Å². The fourth-order valence-electron chi connectivity index (χ4n) is 4.28. The average Bonchev–Trinajstić information content (AvgIpc) is 3.41. The maximum Gasteiger partial charge on any atom is 0.413 e. The van der Waals surface area contributed by atoms with Crippen molar-refractivity contribution < 1.29 is 24.2 Å². The summed E-state index contributed by atoms with van der Waals surface area (Å²) < 4.78 is 5.55. The first kappa shape index (κ1) is 24.4. The van der Waals surface area contributed by atoms with E-state index in [4.69, 9.17) is 9.84 Å². The molecule has 9 heteroatoms. The van der Waals surface area contributed by atoms with Crippen LogP contribution >= 0.6 is 11.3 Å². The number of thiazole rings is 1. The smallest absolute Gasteiger partial charge is 0.413 e. The summed E-state index contributed by atoms with van der Waals surface area (Å²) in [5, 5.41) is 12.1. The number of carbonyl (C=O) groups excluding carboxylic acids is 2. The van der Waals surface area contributed by atoms with Crippen molar-refractivity contribution in [2.75, 3.05) is 18.5 Å². The number of aromatic nitrogens is 1. The molecule has 0 unspecified atom stereocenters. The molecule has 1 heterocycles. The van der Waals surface area contributed by atoms with Crippen molar-refractivity contribution in [3.8, 4) is 11.1 Å². The molecule has 0 fully saturated rings. The van der Waals surface area contributed by atoms with Gasteiger partial charge in [0, 0.05) is 29.5 Å². The molecule has 0 saturated carbocycles. The number of amides is 2. The molecule has 1 aliphatic carbocycles. The van der Waals surface area contributed by atoms with E-state index in [1.807, 2.05) is 24.3 Å². The quantitative estimate of drug-likeness (QED) is 0.445. The van der Waals surface area contributed by atoms with Crippen LogP contribution in [-0.4, -0.2) is 52.2 Å². The number of aliphatic carboxylic acids is 1. The topological polar surface area (TPSA) is 109 Å². The molecule has 3 aromatic rings. The minimum atomic E-state index is -1.04. The second-order valence-corrected chi connectivity index (χ2v) is 9.71. The summed E-state index contributed by atoms with van der Waals surface area (Å²) in [5.74, 6) is -1.30. The standard InChI is InChI=1S/C26H27N3O5S/c1-16(2)29(14-24(31)32)23(30)12-11-17-13-27-25(35-17)28-26(33)34-15-22-20-9-5-3-7-18(20)19-8-4-6-10-21(19)22/h3-10,13,16,22H,11-12,14-15H2,1-2H3,(H,31,32)(H,27,28,33). The first-order chi connectivity index (χ1) is 16.8. The van der Waals surface area contributed by atoms with Crippen LogP contribution in [-0.2, 0) is 20.7 Å². The van der Waals surface area contributed by atoms with E-state index in [2.05, 4.69) is 34.6 Å². The highest BCUT2D eigenvalue weighted by Crippen LogP contribution is 2.44. The average molecular weight is 494 g/mol. The summed E-state index contributed by atoms with van der Waals surface area (Å²) >= 11 is 1.26. The Morgan fingerprint density at radius 3 is 2.31 bits per heavy atom. The number of hydrogen-bond acceptors (Lipinski definition) is 6. The van der Waals surface area contributed by atoms with Crippen molar-refractivity contribution in [1.29, 1.82) is 0 Å². The van der Waals surface area contributed by atoms with Crippen molar-refractivity contribution in [1.82, 2.24) is 9.88 Å². The van der Waals surface area contributed by atoms with E-state index in [-0.39, 0.29) is 37.4 Å². The number of rotatable bonds is 9. The highest BCUT2D eigenvalue weighted by molar-refractivity contribution is 7.15. The van der Waals surface area contributed by atoms with Gasteiger partial charge in [0.15, 0.2) is 5.13 Å². The summed E-state index contributed by atoms with van der Waals surface area (Å²) in [4.78, 5) is 42.2. The van der Waals surface area contributed by atoms with Crippen molar-refractivity contribution in [3.63, 3.8) is 0 Å². The Bertz CT molecular complexity index is 1190. The van der Waals surface area contributed by atoms with Crippen LogP contribution in [0.25, 0.3) is 11.1 Å². The zero-order valence-corrected chi connectivity index (χ0v) is 20.4. The zero-order chi connectivity index (χ0) is 24.9. The Morgan fingerprint density at radius 2 is 1.71 bits per heavy atom. The molecule has 8 nitrogen and oxygen atoms in total. The van der Waals surface area contributed by atoms with Crippen molar-refractivity contribution in [2.24, 2.45) is 0 Å². The lowest BCUT2D eigenvalue weighted by Gasteiger charge is -2.24. The zero-order valence-electron chi connectivity index (χ0n) is 19.6. The van der Waals surface area contributed by atoms with Gasteiger partial charge in [-0.2, -0.15) is 0 Å². The highest BCUT2D eigenvalue weighted by atomic mass is 32.1. The van der Waals surface area contributed by atoms with Crippen LogP contribution < -0.4 is 5.32 Å². The Morgan fingerprint density at radius 1 is 1.09 bits per heavy atom. The Balaban J connectivity index is 1.31. The van der Waals surface area contributed by atoms with E-state index >= 15 is 0 Å². The normalized spacial score (nSPS) is 12.2. The number of carboxylic acid groups (broad SMARTS) is 1. The minimum Gasteiger partial charge on any atom is -0.480 e. The van der Waals surface area contributed by atoms with Crippen LogP contribution in [0.5, 0.6) is 0 Å². The molecule has 1 aromatic heterocycles. The summed E-state index contributed by atoms with van der Waals surface area (Å²) in [6.07, 6.45) is 1.59. The molecule has 0 aliphatic heterocycles. The fraction of sp³-hybridized carbons (Fsp3) is 0.308. The fourth-order valence-corrected chi connectivity index (χ4v) is 5.08. The molecule has 182 valence electrons. The number of carboxylic acids is 1. The number of benzene rings is 2. The van der Waals surface area contributed by atoms with Gasteiger partial charge in [-0.1, -0.05) is 48.5 Å². The number of anilines is 1. The Kier molecular flexibility index (Phi) is 7.45. The largest absolute Gasteiger partial charge is 0.480 e. The molecule has 2 aromatic carbocycles. The molecule has 0 spiro atoms. The highest BCUT2D eigenvalue weighted by Gasteiger charge is 2.29. The molecular weight excluding hydrogens is 466 g/mol. The van der Waals surface area contributed by atoms with E-state index in [0.29, 0.717) is 11.6 Å². The van der Waals surface area contributed by atoms with Gasteiger partial charge in [-0.3, -0.25) is 14.9 Å². The van der Waals surface area contributed by atoms with Gasteiger partial charge in [-0.15, -0.1) is 11.3 Å². The number of aryl methyl sites for hydroxylation is 1. The number of carbonyl (C=O) groups is 3. The third kappa shape index (κ3) is 5.68. The second kappa shape index (κ2) is 10.7. The van der Waals surface area contributed by atoms with Crippen molar-refractivity contribution in [2.45, 2.75) is 38.6 Å². The molecule has 35 heavy (non-hydrogen) atoms. The van der Waals surface area contributed by atoms with Crippen LogP contribution in [0.1, 0.15) is 42.2 Å². The molecule has 0 atom stereocenters. The number of nitrogens with zero attached hydrogens (tertiary/aromatic N) is 2. The summed E-state index contributed by atoms with van der Waals surface area (Å²) in [6, 6.07) is 16.1. The van der Waals surface area contributed by atoms with Gasteiger partial charge in [0.05, 0.1) is 0 Å². The van der Waals surface area contributed by atoms with E-state index in [1.54, 1.807) is 20.0 Å². The first-order valence-corrected chi connectivity index (χ1v) is 12.2. The minimum absolute atomic E-state index is 0.0271. The lowest BCUT2D eigenvalue weighted by Crippen LogP contribution is -2.40. The summed E-state index contributed by atoms with van der Waals surface area (Å²) in [7, 11) is 0. The SMILES string of the molecule is CC(C)N(CC(=O)O)C(=O)CCc1cnc(NC(=O)OCC2c3ccccc3-c3ccccc32)s1. The van der Waals surface area contributed by atoms with E-state index in [0.717, 1.165) is 27.1 Å². The summed E-state index contributed by atoms with van der Waals surface area (Å²) in [6.45, 7) is 3.45. The van der Waals surface area contributed by atoms with E-state index in [9.17, 15) is 14.4 Å². The van der Waals surface area contributed by atoms with Gasteiger partial charge in [0.1, 0.15) is 13.2 Å². The molecule has 0 radical (unpaired) electrons.